The minimum atomic E-state index is -0.460. The van der Waals surface area contributed by atoms with Gasteiger partial charge in [0.25, 0.3) is 5.91 Å². The van der Waals surface area contributed by atoms with Gasteiger partial charge in [0.15, 0.2) is 5.76 Å². The number of rotatable bonds is 2. The Bertz CT molecular complexity index is 998. The summed E-state index contributed by atoms with van der Waals surface area (Å²) < 4.78 is 27.1. The van der Waals surface area contributed by atoms with Crippen LogP contribution in [0.5, 0.6) is 0 Å². The molecule has 7 heteroatoms. The van der Waals surface area contributed by atoms with Crippen LogP contribution in [-0.2, 0) is 17.9 Å². The minimum absolute atomic E-state index is 0.123. The van der Waals surface area contributed by atoms with Gasteiger partial charge in [0.2, 0.25) is 0 Å². The van der Waals surface area contributed by atoms with Gasteiger partial charge >= 0.3 is 0 Å². The lowest BCUT2D eigenvalue weighted by Gasteiger charge is -2.35. The number of hydrogen-bond donors (Lipinski definition) is 0. The number of imidazole rings is 1. The second kappa shape index (κ2) is 6.06. The SMILES string of the molecule is O=C(c1ccco1)N1CC[C@]2(C1)Cn1c(-c3cccc(F)c3)cnc1CO2. The molecule has 1 atom stereocenters. The third-order valence-corrected chi connectivity index (χ3v) is 5.35. The van der Waals surface area contributed by atoms with Gasteiger partial charge in [0, 0.05) is 12.1 Å². The zero-order valence-corrected chi connectivity index (χ0v) is 14.6. The van der Waals surface area contributed by atoms with E-state index < -0.39 is 5.60 Å². The topological polar surface area (TPSA) is 60.5 Å². The van der Waals surface area contributed by atoms with E-state index in [2.05, 4.69) is 9.55 Å². The smallest absolute Gasteiger partial charge is 0.289 e. The van der Waals surface area contributed by atoms with Crippen molar-refractivity contribution in [2.24, 2.45) is 0 Å². The molecular formula is C20H18FN3O3. The van der Waals surface area contributed by atoms with Crippen LogP contribution in [0.25, 0.3) is 11.3 Å². The van der Waals surface area contributed by atoms with Crippen LogP contribution in [0, 0.1) is 5.82 Å². The zero-order chi connectivity index (χ0) is 18.4. The number of likely N-dealkylation sites (tertiary alicyclic amines) is 1. The van der Waals surface area contributed by atoms with Crippen LogP contribution < -0.4 is 0 Å². The van der Waals surface area contributed by atoms with E-state index in [1.165, 1.54) is 18.4 Å². The molecule has 0 N–H and O–H groups in total. The van der Waals surface area contributed by atoms with Crippen LogP contribution in [-0.4, -0.2) is 39.0 Å². The number of aromatic nitrogens is 2. The average Bonchev–Trinajstić information content (AvgIpc) is 3.41. The van der Waals surface area contributed by atoms with E-state index in [1.807, 2.05) is 6.07 Å². The number of fused-ring (bicyclic) bond motifs is 1. The van der Waals surface area contributed by atoms with E-state index in [9.17, 15) is 9.18 Å². The Hall–Kier alpha value is -2.93. The highest BCUT2D eigenvalue weighted by Gasteiger charge is 2.45. The summed E-state index contributed by atoms with van der Waals surface area (Å²) in [7, 11) is 0. The Morgan fingerprint density at radius 3 is 2.96 bits per heavy atom. The fourth-order valence-electron chi connectivity index (χ4n) is 3.96. The molecule has 3 aromatic rings. The summed E-state index contributed by atoms with van der Waals surface area (Å²) in [6.07, 6.45) is 3.99. The Labute approximate surface area is 155 Å². The number of benzene rings is 1. The molecule has 0 radical (unpaired) electrons. The van der Waals surface area contributed by atoms with Crippen molar-refractivity contribution >= 4 is 5.91 Å². The van der Waals surface area contributed by atoms with Gasteiger partial charge in [0.1, 0.15) is 23.8 Å². The Morgan fingerprint density at radius 1 is 1.22 bits per heavy atom. The van der Waals surface area contributed by atoms with Crippen LogP contribution in [0.1, 0.15) is 22.8 Å². The zero-order valence-electron chi connectivity index (χ0n) is 14.6. The lowest BCUT2D eigenvalue weighted by Crippen LogP contribution is -2.45. The molecule has 1 spiro atoms. The van der Waals surface area contributed by atoms with Gasteiger partial charge in [0.05, 0.1) is 31.2 Å². The summed E-state index contributed by atoms with van der Waals surface area (Å²) in [6.45, 7) is 2.06. The molecule has 0 saturated carbocycles. The van der Waals surface area contributed by atoms with Crippen molar-refractivity contribution < 1.29 is 18.3 Å². The monoisotopic (exact) mass is 367 g/mol. The Kier molecular flexibility index (Phi) is 3.65. The lowest BCUT2D eigenvalue weighted by molar-refractivity contribution is -0.0805. The summed E-state index contributed by atoms with van der Waals surface area (Å²) >= 11 is 0. The number of carbonyl (C=O) groups excluding carboxylic acids is 1. The second-order valence-electron chi connectivity index (χ2n) is 7.08. The van der Waals surface area contributed by atoms with Gasteiger partial charge in [-0.2, -0.15) is 0 Å². The maximum absolute atomic E-state index is 13.7. The average molecular weight is 367 g/mol. The molecule has 5 rings (SSSR count). The first-order valence-electron chi connectivity index (χ1n) is 8.91. The van der Waals surface area contributed by atoms with Gasteiger partial charge in [-0.3, -0.25) is 4.79 Å². The van der Waals surface area contributed by atoms with Crippen molar-refractivity contribution in [3.05, 3.63) is 66.3 Å². The van der Waals surface area contributed by atoms with Crippen LogP contribution in [0.4, 0.5) is 4.39 Å². The number of ether oxygens (including phenoxy) is 1. The number of furan rings is 1. The molecule has 0 unspecified atom stereocenters. The van der Waals surface area contributed by atoms with Crippen molar-refractivity contribution in [2.45, 2.75) is 25.2 Å². The van der Waals surface area contributed by atoms with Gasteiger partial charge in [-0.05, 0) is 30.7 Å². The molecule has 1 aromatic carbocycles. The van der Waals surface area contributed by atoms with E-state index in [-0.39, 0.29) is 11.7 Å². The van der Waals surface area contributed by atoms with Crippen molar-refractivity contribution in [2.75, 3.05) is 13.1 Å². The number of carbonyl (C=O) groups is 1. The summed E-state index contributed by atoms with van der Waals surface area (Å²) in [4.78, 5) is 18.8. The van der Waals surface area contributed by atoms with Crippen LogP contribution in [0.15, 0.2) is 53.3 Å². The normalized spacial score (nSPS) is 21.6. The number of amides is 1. The predicted molar refractivity (Wildman–Crippen MR) is 94.4 cm³/mol. The lowest BCUT2D eigenvalue weighted by atomic mass is 10.0. The van der Waals surface area contributed by atoms with Crippen LogP contribution in [0.3, 0.4) is 0 Å². The predicted octanol–water partition coefficient (Wildman–Crippen LogP) is 3.10. The summed E-state index contributed by atoms with van der Waals surface area (Å²) in [5.74, 6) is 0.755. The van der Waals surface area contributed by atoms with E-state index >= 15 is 0 Å². The summed E-state index contributed by atoms with van der Waals surface area (Å²) in [5, 5.41) is 0. The van der Waals surface area contributed by atoms with E-state index in [1.54, 1.807) is 29.3 Å². The standard InChI is InChI=1S/C20H18FN3O3/c21-15-4-1-3-14(9-15)16-10-22-18-11-27-20(13-24(16)18)6-7-23(12-20)19(25)17-5-2-8-26-17/h1-5,8-10H,6-7,11-13H2/t20-/m0/s1. The first-order valence-corrected chi connectivity index (χ1v) is 8.91. The first kappa shape index (κ1) is 16.3. The number of halogens is 1. The molecule has 4 heterocycles. The molecular weight excluding hydrogens is 349 g/mol. The molecule has 1 fully saturated rings. The quantitative estimate of drug-likeness (QED) is 0.698. The van der Waals surface area contributed by atoms with E-state index in [0.717, 1.165) is 23.5 Å². The second-order valence-corrected chi connectivity index (χ2v) is 7.08. The van der Waals surface area contributed by atoms with Gasteiger partial charge < -0.3 is 18.6 Å². The Morgan fingerprint density at radius 2 is 2.15 bits per heavy atom. The third-order valence-electron chi connectivity index (χ3n) is 5.35. The number of nitrogens with zero attached hydrogens (tertiary/aromatic N) is 3. The van der Waals surface area contributed by atoms with Crippen molar-refractivity contribution in [3.8, 4) is 11.3 Å². The molecule has 2 aliphatic heterocycles. The third kappa shape index (κ3) is 2.75. The van der Waals surface area contributed by atoms with E-state index in [0.29, 0.717) is 32.0 Å². The van der Waals surface area contributed by atoms with Crippen molar-refractivity contribution in [3.63, 3.8) is 0 Å². The Balaban J connectivity index is 1.41. The molecule has 2 aliphatic rings. The van der Waals surface area contributed by atoms with Crippen LogP contribution in [0.2, 0.25) is 0 Å². The molecule has 0 bridgehead atoms. The molecule has 2 aromatic heterocycles. The summed E-state index contributed by atoms with van der Waals surface area (Å²) in [5.41, 5.74) is 1.19. The molecule has 0 aliphatic carbocycles. The van der Waals surface area contributed by atoms with Crippen LogP contribution >= 0.6 is 0 Å². The summed E-state index contributed by atoms with van der Waals surface area (Å²) in [6, 6.07) is 9.88. The molecule has 27 heavy (non-hydrogen) atoms. The molecule has 1 amide bonds. The largest absolute Gasteiger partial charge is 0.459 e. The fraction of sp³-hybridized carbons (Fsp3) is 0.300. The van der Waals surface area contributed by atoms with E-state index in [4.69, 9.17) is 9.15 Å². The van der Waals surface area contributed by atoms with Gasteiger partial charge in [-0.1, -0.05) is 12.1 Å². The van der Waals surface area contributed by atoms with Gasteiger partial charge in [-0.25, -0.2) is 9.37 Å². The fourth-order valence-corrected chi connectivity index (χ4v) is 3.96. The number of hydrogen-bond acceptors (Lipinski definition) is 4. The van der Waals surface area contributed by atoms with Crippen molar-refractivity contribution in [1.29, 1.82) is 0 Å². The van der Waals surface area contributed by atoms with Crippen molar-refractivity contribution in [1.82, 2.24) is 14.5 Å². The molecule has 1 saturated heterocycles. The highest BCUT2D eigenvalue weighted by Crippen LogP contribution is 2.35. The van der Waals surface area contributed by atoms with Gasteiger partial charge in [-0.15, -0.1) is 0 Å². The molecule has 6 nitrogen and oxygen atoms in total. The maximum atomic E-state index is 13.7. The minimum Gasteiger partial charge on any atom is -0.459 e. The maximum Gasteiger partial charge on any atom is 0.289 e. The highest BCUT2D eigenvalue weighted by molar-refractivity contribution is 5.91. The first-order chi connectivity index (χ1) is 13.1. The highest BCUT2D eigenvalue weighted by atomic mass is 19.1. The molecule has 138 valence electrons.